The molecule has 0 unspecified atom stereocenters. The van der Waals surface area contributed by atoms with Gasteiger partial charge in [-0.15, -0.1) is 11.3 Å². The Bertz CT molecular complexity index is 832. The molecule has 1 aromatic carbocycles. The lowest BCUT2D eigenvalue weighted by Crippen LogP contribution is -2.45. The summed E-state index contributed by atoms with van der Waals surface area (Å²) < 4.78 is 41.7. The maximum Gasteiger partial charge on any atom is 0.282 e. The highest BCUT2D eigenvalue weighted by atomic mass is 32.2. The van der Waals surface area contributed by atoms with Crippen LogP contribution in [0.2, 0.25) is 0 Å². The molecule has 0 atom stereocenters. The van der Waals surface area contributed by atoms with Crippen molar-refractivity contribution in [1.82, 2.24) is 13.6 Å². The molecule has 2 heterocycles. The zero-order valence-corrected chi connectivity index (χ0v) is 15.3. The van der Waals surface area contributed by atoms with E-state index < -0.39 is 10.2 Å². The highest BCUT2D eigenvalue weighted by Crippen LogP contribution is 2.33. The van der Waals surface area contributed by atoms with Gasteiger partial charge in [0.1, 0.15) is 10.8 Å². The van der Waals surface area contributed by atoms with E-state index in [1.807, 2.05) is 19.9 Å². The number of hydrogen-bond donors (Lipinski definition) is 0. The Labute approximate surface area is 145 Å². The molecule has 0 bridgehead atoms. The van der Waals surface area contributed by atoms with Crippen LogP contribution in [0.15, 0.2) is 24.3 Å². The largest absolute Gasteiger partial charge is 0.282 e. The molecule has 0 N–H and O–H groups in total. The number of hydrogen-bond acceptors (Lipinski definition) is 4. The Hall–Kier alpha value is -1.35. The summed E-state index contributed by atoms with van der Waals surface area (Å²) in [6.45, 7) is 5.36. The first-order chi connectivity index (χ1) is 11.5. The number of fused-ring (bicyclic) bond motifs is 1. The smallest absolute Gasteiger partial charge is 0.241 e. The summed E-state index contributed by atoms with van der Waals surface area (Å²) in [6.07, 6.45) is 0.585. The number of halogens is 1. The van der Waals surface area contributed by atoms with Crippen molar-refractivity contribution in [2.45, 2.75) is 26.8 Å². The fraction of sp³-hybridized carbons (Fsp3) is 0.438. The summed E-state index contributed by atoms with van der Waals surface area (Å²) >= 11 is 1.44. The Kier molecular flexibility index (Phi) is 5.00. The van der Waals surface area contributed by atoms with Gasteiger partial charge in [-0.25, -0.2) is 9.37 Å². The number of benzene rings is 1. The van der Waals surface area contributed by atoms with Gasteiger partial charge in [-0.3, -0.25) is 0 Å². The van der Waals surface area contributed by atoms with Gasteiger partial charge in [0, 0.05) is 36.5 Å². The summed E-state index contributed by atoms with van der Waals surface area (Å²) in [5.41, 5.74) is 1.65. The van der Waals surface area contributed by atoms with E-state index in [1.165, 1.54) is 32.1 Å². The Morgan fingerprint density at radius 3 is 2.75 bits per heavy atom. The molecule has 24 heavy (non-hydrogen) atoms. The van der Waals surface area contributed by atoms with Crippen molar-refractivity contribution in [2.75, 3.05) is 19.6 Å². The van der Waals surface area contributed by atoms with E-state index in [0.717, 1.165) is 21.1 Å². The molecule has 0 spiro atoms. The fourth-order valence-electron chi connectivity index (χ4n) is 2.83. The van der Waals surface area contributed by atoms with Crippen LogP contribution >= 0.6 is 11.3 Å². The summed E-state index contributed by atoms with van der Waals surface area (Å²) in [5.74, 6) is -0.300. The lowest BCUT2D eigenvalue weighted by molar-refractivity contribution is 0.336. The normalized spacial score (nSPS) is 15.7. The average molecular weight is 369 g/mol. The van der Waals surface area contributed by atoms with Gasteiger partial charge in [0.25, 0.3) is 10.2 Å². The summed E-state index contributed by atoms with van der Waals surface area (Å²) in [4.78, 5) is 5.52. The fourth-order valence-corrected chi connectivity index (χ4v) is 5.62. The lowest BCUT2D eigenvalue weighted by atomic mass is 10.2. The quantitative estimate of drug-likeness (QED) is 0.814. The molecule has 3 rings (SSSR count). The van der Waals surface area contributed by atoms with Crippen LogP contribution in [0.3, 0.4) is 0 Å². The van der Waals surface area contributed by atoms with E-state index in [9.17, 15) is 12.8 Å². The second-order valence-corrected chi connectivity index (χ2v) is 8.59. The maximum atomic E-state index is 13.4. The van der Waals surface area contributed by atoms with Crippen molar-refractivity contribution in [1.29, 1.82) is 0 Å². The lowest BCUT2D eigenvalue weighted by Gasteiger charge is -2.30. The van der Waals surface area contributed by atoms with Crippen molar-refractivity contribution < 1.29 is 12.8 Å². The summed E-state index contributed by atoms with van der Waals surface area (Å²) in [5, 5.41) is 0.738. The van der Waals surface area contributed by atoms with Crippen LogP contribution in [-0.4, -0.2) is 41.6 Å². The molecule has 1 aliphatic heterocycles. The number of thiazole rings is 1. The molecule has 0 aliphatic carbocycles. The predicted octanol–water partition coefficient (Wildman–Crippen LogP) is 2.89. The minimum atomic E-state index is -3.44. The molecule has 5 nitrogen and oxygen atoms in total. The van der Waals surface area contributed by atoms with Gasteiger partial charge >= 0.3 is 0 Å². The third-order valence-electron chi connectivity index (χ3n) is 4.13. The minimum absolute atomic E-state index is 0.300. The predicted molar refractivity (Wildman–Crippen MR) is 93.5 cm³/mol. The zero-order chi connectivity index (χ0) is 17.3. The molecule has 130 valence electrons. The summed E-state index contributed by atoms with van der Waals surface area (Å²) in [6, 6.07) is 6.32. The van der Waals surface area contributed by atoms with E-state index in [4.69, 9.17) is 0 Å². The van der Waals surface area contributed by atoms with Crippen molar-refractivity contribution in [3.8, 4) is 10.6 Å². The van der Waals surface area contributed by atoms with Crippen LogP contribution in [0, 0.1) is 5.82 Å². The van der Waals surface area contributed by atoms with Crippen molar-refractivity contribution >= 4 is 21.5 Å². The molecule has 1 aliphatic rings. The monoisotopic (exact) mass is 369 g/mol. The summed E-state index contributed by atoms with van der Waals surface area (Å²) in [7, 11) is -3.44. The Morgan fingerprint density at radius 2 is 2.08 bits per heavy atom. The third kappa shape index (κ3) is 3.23. The molecular formula is C16H20FN3O2S2. The average Bonchev–Trinajstić information content (AvgIpc) is 2.99. The van der Waals surface area contributed by atoms with Crippen LogP contribution in [0.25, 0.3) is 10.6 Å². The van der Waals surface area contributed by atoms with E-state index in [-0.39, 0.29) is 5.82 Å². The topological polar surface area (TPSA) is 53.5 Å². The zero-order valence-electron chi connectivity index (χ0n) is 13.7. The van der Waals surface area contributed by atoms with E-state index >= 15 is 0 Å². The first-order valence-corrected chi connectivity index (χ1v) is 10.2. The van der Waals surface area contributed by atoms with Crippen molar-refractivity contribution in [3.05, 3.63) is 40.7 Å². The highest BCUT2D eigenvalue weighted by Gasteiger charge is 2.32. The van der Waals surface area contributed by atoms with Gasteiger partial charge in [0.2, 0.25) is 0 Å². The van der Waals surface area contributed by atoms with Gasteiger partial charge in [-0.2, -0.15) is 17.0 Å². The molecule has 8 heteroatoms. The second-order valence-electron chi connectivity index (χ2n) is 5.57. The van der Waals surface area contributed by atoms with Crippen molar-refractivity contribution in [3.63, 3.8) is 0 Å². The van der Waals surface area contributed by atoms with Gasteiger partial charge in [0.15, 0.2) is 0 Å². The van der Waals surface area contributed by atoms with Gasteiger partial charge in [-0.1, -0.05) is 26.0 Å². The minimum Gasteiger partial charge on any atom is -0.241 e. The first-order valence-electron chi connectivity index (χ1n) is 7.95. The highest BCUT2D eigenvalue weighted by molar-refractivity contribution is 7.86. The number of rotatable bonds is 5. The molecule has 0 radical (unpaired) electrons. The molecule has 2 aromatic rings. The number of nitrogens with zero attached hydrogens (tertiary/aromatic N) is 3. The van der Waals surface area contributed by atoms with Crippen LogP contribution < -0.4 is 0 Å². The van der Waals surface area contributed by atoms with Gasteiger partial charge < -0.3 is 0 Å². The van der Waals surface area contributed by atoms with E-state index in [1.54, 1.807) is 6.07 Å². The van der Waals surface area contributed by atoms with Gasteiger partial charge in [-0.05, 0) is 12.1 Å². The first kappa shape index (κ1) is 17.5. The SMILES string of the molecule is CCN(CC)S(=O)(=O)N1CCc2nc(-c3cccc(F)c3)sc2C1. The van der Waals surface area contributed by atoms with Crippen LogP contribution in [0.1, 0.15) is 24.4 Å². The Balaban J connectivity index is 1.87. The van der Waals surface area contributed by atoms with Gasteiger partial charge in [0.05, 0.1) is 12.2 Å². The van der Waals surface area contributed by atoms with Crippen LogP contribution in [0.4, 0.5) is 4.39 Å². The molecule has 0 fully saturated rings. The van der Waals surface area contributed by atoms with E-state index in [0.29, 0.717) is 32.6 Å². The van der Waals surface area contributed by atoms with E-state index in [2.05, 4.69) is 4.98 Å². The van der Waals surface area contributed by atoms with Crippen LogP contribution in [0.5, 0.6) is 0 Å². The second kappa shape index (κ2) is 6.87. The molecule has 0 saturated carbocycles. The maximum absolute atomic E-state index is 13.4. The molecule has 1 aromatic heterocycles. The molecular weight excluding hydrogens is 349 g/mol. The molecule has 0 saturated heterocycles. The standard InChI is InChI=1S/C16H20FN3O2S2/c1-3-19(4-2)24(21,22)20-9-8-14-15(11-20)23-16(18-14)12-6-5-7-13(17)10-12/h5-7,10H,3-4,8-9,11H2,1-2H3. The third-order valence-corrected chi connectivity index (χ3v) is 7.39. The molecule has 0 amide bonds. The number of aromatic nitrogens is 1. The van der Waals surface area contributed by atoms with Crippen LogP contribution in [-0.2, 0) is 23.2 Å². The Morgan fingerprint density at radius 1 is 1.33 bits per heavy atom. The van der Waals surface area contributed by atoms with Crippen molar-refractivity contribution in [2.24, 2.45) is 0 Å².